The quantitative estimate of drug-likeness (QED) is 0.646. The molecule has 1 N–H and O–H groups in total. The van der Waals surface area contributed by atoms with Crippen LogP contribution in [-0.2, 0) is 9.47 Å². The summed E-state index contributed by atoms with van der Waals surface area (Å²) in [6.07, 6.45) is 1.20. The molecule has 1 saturated heterocycles. The molecule has 3 heteroatoms. The first kappa shape index (κ1) is 8.97. The van der Waals surface area contributed by atoms with Gasteiger partial charge in [0.15, 0.2) is 0 Å². The molecule has 0 aliphatic carbocycles. The van der Waals surface area contributed by atoms with E-state index in [2.05, 4.69) is 12.2 Å². The van der Waals surface area contributed by atoms with E-state index in [0.29, 0.717) is 0 Å². The smallest absolute Gasteiger partial charge is 0.108 e. The van der Waals surface area contributed by atoms with Crippen LogP contribution in [0.1, 0.15) is 13.3 Å². The maximum absolute atomic E-state index is 5.46. The second-order valence-electron chi connectivity index (χ2n) is 3.06. The summed E-state index contributed by atoms with van der Waals surface area (Å²) in [6, 6.07) is 0. The molecule has 11 heavy (non-hydrogen) atoms. The van der Waals surface area contributed by atoms with Gasteiger partial charge in [-0.2, -0.15) is 0 Å². The molecule has 1 aliphatic rings. The van der Waals surface area contributed by atoms with Crippen molar-refractivity contribution in [3.63, 3.8) is 0 Å². The van der Waals surface area contributed by atoms with Crippen LogP contribution in [-0.4, -0.2) is 39.0 Å². The highest BCUT2D eigenvalue weighted by Crippen LogP contribution is 2.28. The summed E-state index contributed by atoms with van der Waals surface area (Å²) in [5.41, 5.74) is -0.0885. The van der Waals surface area contributed by atoms with Gasteiger partial charge in [0, 0.05) is 26.7 Å². The second-order valence-corrected chi connectivity index (χ2v) is 3.06. The summed E-state index contributed by atoms with van der Waals surface area (Å²) in [4.78, 5) is 0. The van der Waals surface area contributed by atoms with Gasteiger partial charge >= 0.3 is 0 Å². The molecule has 66 valence electrons. The third kappa shape index (κ3) is 1.55. The first-order chi connectivity index (χ1) is 5.25. The lowest BCUT2D eigenvalue weighted by Crippen LogP contribution is -2.46. The van der Waals surface area contributed by atoms with Crippen LogP contribution in [0.4, 0.5) is 0 Å². The van der Waals surface area contributed by atoms with Crippen LogP contribution in [0.3, 0.4) is 0 Å². The fourth-order valence-corrected chi connectivity index (χ4v) is 1.64. The van der Waals surface area contributed by atoms with Crippen LogP contribution in [0.5, 0.6) is 0 Å². The van der Waals surface area contributed by atoms with Crippen LogP contribution in [0.25, 0.3) is 0 Å². The topological polar surface area (TPSA) is 30.5 Å². The molecule has 0 spiro atoms. The van der Waals surface area contributed by atoms with Gasteiger partial charge in [-0.05, 0) is 14.0 Å². The molecule has 0 amide bonds. The Hall–Kier alpha value is -0.120. The molecule has 0 aromatic carbocycles. The first-order valence-electron chi connectivity index (χ1n) is 4.06. The molecule has 0 bridgehead atoms. The van der Waals surface area contributed by atoms with Crippen LogP contribution in [0.15, 0.2) is 0 Å². The normalized spacial score (nSPS) is 37.9. The number of rotatable bonds is 3. The number of hydrogen-bond donors (Lipinski definition) is 1. The highest BCUT2D eigenvalue weighted by molar-refractivity contribution is 4.92. The number of ether oxygens (including phenoxy) is 2. The first-order valence-corrected chi connectivity index (χ1v) is 4.06. The van der Waals surface area contributed by atoms with E-state index in [9.17, 15) is 0 Å². The molecule has 2 unspecified atom stereocenters. The Morgan fingerprint density at radius 3 is 2.82 bits per heavy atom. The van der Waals surface area contributed by atoms with Gasteiger partial charge in [-0.15, -0.1) is 0 Å². The molecule has 2 atom stereocenters. The van der Waals surface area contributed by atoms with Crippen molar-refractivity contribution in [2.24, 2.45) is 0 Å². The van der Waals surface area contributed by atoms with Gasteiger partial charge in [-0.1, -0.05) is 0 Å². The predicted octanol–water partition coefficient (Wildman–Crippen LogP) is 0.400. The van der Waals surface area contributed by atoms with Crippen molar-refractivity contribution in [2.45, 2.75) is 25.0 Å². The van der Waals surface area contributed by atoms with Gasteiger partial charge in [0.1, 0.15) is 5.60 Å². The Balaban J connectivity index is 2.57. The molecular weight excluding hydrogens is 142 g/mol. The fourth-order valence-electron chi connectivity index (χ4n) is 1.64. The standard InChI is InChI=1S/C8H17NO2/c1-7-8(10-3,6-9-2)4-5-11-7/h7,9H,4-6H2,1-3H3. The van der Waals surface area contributed by atoms with Crippen LogP contribution in [0.2, 0.25) is 0 Å². The SMILES string of the molecule is CNCC1(OC)CCOC1C. The van der Waals surface area contributed by atoms with E-state index in [1.54, 1.807) is 7.11 Å². The zero-order valence-corrected chi connectivity index (χ0v) is 7.52. The van der Waals surface area contributed by atoms with Crippen molar-refractivity contribution in [1.82, 2.24) is 5.32 Å². The summed E-state index contributed by atoms with van der Waals surface area (Å²) < 4.78 is 10.9. The van der Waals surface area contributed by atoms with Crippen molar-refractivity contribution in [1.29, 1.82) is 0 Å². The van der Waals surface area contributed by atoms with Crippen molar-refractivity contribution in [2.75, 3.05) is 27.3 Å². The molecule has 3 nitrogen and oxygen atoms in total. The molecule has 1 aliphatic heterocycles. The van der Waals surface area contributed by atoms with E-state index >= 15 is 0 Å². The Morgan fingerprint density at radius 2 is 2.45 bits per heavy atom. The van der Waals surface area contributed by atoms with E-state index < -0.39 is 0 Å². The maximum Gasteiger partial charge on any atom is 0.108 e. The molecule has 1 heterocycles. The Morgan fingerprint density at radius 1 is 1.73 bits per heavy atom. The van der Waals surface area contributed by atoms with Crippen LogP contribution in [0, 0.1) is 0 Å². The number of nitrogens with one attached hydrogen (secondary N) is 1. The van der Waals surface area contributed by atoms with Gasteiger partial charge in [0.25, 0.3) is 0 Å². The van der Waals surface area contributed by atoms with Crippen molar-refractivity contribution < 1.29 is 9.47 Å². The van der Waals surface area contributed by atoms with E-state index in [-0.39, 0.29) is 11.7 Å². The summed E-state index contributed by atoms with van der Waals surface area (Å²) in [5.74, 6) is 0. The monoisotopic (exact) mass is 159 g/mol. The molecule has 0 aromatic rings. The van der Waals surface area contributed by atoms with Crippen LogP contribution < -0.4 is 5.32 Å². The largest absolute Gasteiger partial charge is 0.375 e. The second kappa shape index (κ2) is 3.52. The highest BCUT2D eigenvalue weighted by Gasteiger charge is 2.40. The van der Waals surface area contributed by atoms with Gasteiger partial charge in [0.05, 0.1) is 6.10 Å². The minimum Gasteiger partial charge on any atom is -0.375 e. The van der Waals surface area contributed by atoms with Crippen molar-refractivity contribution in [3.8, 4) is 0 Å². The Kier molecular flexibility index (Phi) is 2.87. The molecular formula is C8H17NO2. The third-order valence-corrected chi connectivity index (χ3v) is 2.52. The van der Waals surface area contributed by atoms with E-state index in [4.69, 9.17) is 9.47 Å². The number of methoxy groups -OCH3 is 1. The lowest BCUT2D eigenvalue weighted by molar-refractivity contribution is -0.0569. The number of hydrogen-bond acceptors (Lipinski definition) is 3. The summed E-state index contributed by atoms with van der Waals surface area (Å²) in [6.45, 7) is 3.75. The minimum atomic E-state index is -0.0885. The van der Waals surface area contributed by atoms with Gasteiger partial charge in [-0.3, -0.25) is 0 Å². The lowest BCUT2D eigenvalue weighted by atomic mass is 9.96. The summed E-state index contributed by atoms with van der Waals surface area (Å²) in [7, 11) is 3.69. The molecule has 0 aromatic heterocycles. The van der Waals surface area contributed by atoms with Crippen LogP contribution >= 0.6 is 0 Å². The zero-order chi connectivity index (χ0) is 8.32. The van der Waals surface area contributed by atoms with E-state index in [1.165, 1.54) is 0 Å². The predicted molar refractivity (Wildman–Crippen MR) is 43.7 cm³/mol. The van der Waals surface area contributed by atoms with Gasteiger partial charge in [0.2, 0.25) is 0 Å². The molecule has 1 fully saturated rings. The molecule has 0 saturated carbocycles. The maximum atomic E-state index is 5.46. The van der Waals surface area contributed by atoms with Crippen molar-refractivity contribution in [3.05, 3.63) is 0 Å². The summed E-state index contributed by atoms with van der Waals surface area (Å²) in [5, 5.41) is 3.13. The Bertz CT molecular complexity index is 129. The third-order valence-electron chi connectivity index (χ3n) is 2.52. The summed E-state index contributed by atoms with van der Waals surface area (Å²) >= 11 is 0. The highest BCUT2D eigenvalue weighted by atomic mass is 16.6. The zero-order valence-electron chi connectivity index (χ0n) is 7.52. The molecule has 1 rings (SSSR count). The number of likely N-dealkylation sites (N-methyl/N-ethyl adjacent to an activating group) is 1. The average Bonchev–Trinajstić information content (AvgIpc) is 2.35. The Labute approximate surface area is 68.1 Å². The fraction of sp³-hybridized carbons (Fsp3) is 1.00. The lowest BCUT2D eigenvalue weighted by Gasteiger charge is -2.30. The molecule has 0 radical (unpaired) electrons. The average molecular weight is 159 g/mol. The van der Waals surface area contributed by atoms with E-state index in [1.807, 2.05) is 7.05 Å². The van der Waals surface area contributed by atoms with Crippen molar-refractivity contribution >= 4 is 0 Å². The van der Waals surface area contributed by atoms with Gasteiger partial charge < -0.3 is 14.8 Å². The van der Waals surface area contributed by atoms with Gasteiger partial charge in [-0.25, -0.2) is 0 Å². The minimum absolute atomic E-state index is 0.0885. The van der Waals surface area contributed by atoms with E-state index in [0.717, 1.165) is 19.6 Å².